The van der Waals surface area contributed by atoms with E-state index in [1.165, 1.54) is 32.1 Å². The summed E-state index contributed by atoms with van der Waals surface area (Å²) < 4.78 is 0. The highest BCUT2D eigenvalue weighted by molar-refractivity contribution is 6.78. The van der Waals surface area contributed by atoms with Crippen molar-refractivity contribution in [2.45, 2.75) is 63.7 Å². The molecule has 0 N–H and O–H groups in total. The third-order valence-corrected chi connectivity index (χ3v) is 6.02. The first-order valence-electron chi connectivity index (χ1n) is 6.17. The van der Waals surface area contributed by atoms with Crippen LogP contribution >= 0.6 is 0 Å². The van der Waals surface area contributed by atoms with Crippen LogP contribution in [0.15, 0.2) is 11.6 Å². The van der Waals surface area contributed by atoms with E-state index in [1.54, 1.807) is 5.57 Å². The molecule has 0 amide bonds. The summed E-state index contributed by atoms with van der Waals surface area (Å²) in [5.74, 6) is 0. The molecule has 0 spiro atoms. The second-order valence-electron chi connectivity index (χ2n) is 5.76. The molecule has 0 aliphatic heterocycles. The molecule has 86 valence electrons. The molecule has 1 saturated carbocycles. The Morgan fingerprint density at radius 1 is 1.20 bits per heavy atom. The number of hydrogen-bond donors (Lipinski definition) is 0. The van der Waals surface area contributed by atoms with Crippen LogP contribution < -0.4 is 0 Å². The summed E-state index contributed by atoms with van der Waals surface area (Å²) in [5, 5.41) is 0. The van der Waals surface area contributed by atoms with Crippen LogP contribution in [0, 0.1) is 0 Å². The van der Waals surface area contributed by atoms with Gasteiger partial charge in [0.15, 0.2) is 0 Å². The number of carbonyl (C=O) groups is 1. The van der Waals surface area contributed by atoms with Gasteiger partial charge in [-0.25, -0.2) is 0 Å². The lowest BCUT2D eigenvalue weighted by Crippen LogP contribution is -2.27. The van der Waals surface area contributed by atoms with Gasteiger partial charge in [0.05, 0.1) is 8.07 Å². The molecule has 0 bridgehead atoms. The van der Waals surface area contributed by atoms with Crippen LogP contribution in [-0.2, 0) is 4.79 Å². The first kappa shape index (κ1) is 12.7. The maximum Gasteiger partial charge on any atom is 0.120 e. The summed E-state index contributed by atoms with van der Waals surface area (Å²) in [5.41, 5.74) is 2.18. The van der Waals surface area contributed by atoms with Gasteiger partial charge in [0.2, 0.25) is 0 Å². The fourth-order valence-electron chi connectivity index (χ4n) is 2.23. The zero-order chi connectivity index (χ0) is 11.3. The van der Waals surface area contributed by atoms with E-state index in [1.807, 2.05) is 0 Å². The molecule has 1 unspecified atom stereocenters. The van der Waals surface area contributed by atoms with Gasteiger partial charge in [0.1, 0.15) is 6.29 Å². The number of allylic oxidation sites excluding steroid dienone is 2. The van der Waals surface area contributed by atoms with Crippen molar-refractivity contribution in [3.05, 3.63) is 11.6 Å². The van der Waals surface area contributed by atoms with Crippen molar-refractivity contribution >= 4 is 14.4 Å². The van der Waals surface area contributed by atoms with Gasteiger partial charge in [-0.15, -0.1) is 0 Å². The van der Waals surface area contributed by atoms with E-state index < -0.39 is 8.07 Å². The van der Waals surface area contributed by atoms with Gasteiger partial charge in [0.25, 0.3) is 0 Å². The summed E-state index contributed by atoms with van der Waals surface area (Å²) in [6.45, 7) is 7.09. The predicted octanol–water partition coefficient (Wildman–Crippen LogP) is 4.17. The van der Waals surface area contributed by atoms with E-state index in [0.29, 0.717) is 5.54 Å². The Kier molecular flexibility index (Phi) is 4.77. The number of carbonyl (C=O) groups excluding carboxylic acids is 1. The largest absolute Gasteiger partial charge is 0.303 e. The van der Waals surface area contributed by atoms with Gasteiger partial charge in [-0.05, 0) is 31.2 Å². The molecule has 0 aromatic rings. The summed E-state index contributed by atoms with van der Waals surface area (Å²) in [6, 6.07) is 0. The fourth-order valence-corrected chi connectivity index (χ4v) is 3.77. The summed E-state index contributed by atoms with van der Waals surface area (Å²) in [4.78, 5) is 10.7. The standard InChI is InChI=1S/C13H24OSi/c1-15(2,3)13(9-10-14)11-12-7-5-4-6-8-12/h10-11,13H,4-9H2,1-3H3. The van der Waals surface area contributed by atoms with Gasteiger partial charge in [-0.1, -0.05) is 37.7 Å². The predicted molar refractivity (Wildman–Crippen MR) is 68.9 cm³/mol. The van der Waals surface area contributed by atoms with E-state index in [9.17, 15) is 4.79 Å². The van der Waals surface area contributed by atoms with E-state index in [0.717, 1.165) is 12.7 Å². The monoisotopic (exact) mass is 224 g/mol. The average Bonchev–Trinajstić information content (AvgIpc) is 2.17. The van der Waals surface area contributed by atoms with Crippen molar-refractivity contribution in [3.8, 4) is 0 Å². The zero-order valence-corrected chi connectivity index (χ0v) is 11.4. The maximum atomic E-state index is 10.7. The molecule has 1 aliphatic rings. The van der Waals surface area contributed by atoms with E-state index in [4.69, 9.17) is 0 Å². The van der Waals surface area contributed by atoms with Crippen LogP contribution in [0.1, 0.15) is 38.5 Å². The van der Waals surface area contributed by atoms with Crippen molar-refractivity contribution in [1.29, 1.82) is 0 Å². The van der Waals surface area contributed by atoms with Crippen molar-refractivity contribution in [2.75, 3.05) is 0 Å². The Bertz CT molecular complexity index is 229. The highest BCUT2D eigenvalue weighted by Crippen LogP contribution is 2.31. The van der Waals surface area contributed by atoms with E-state index >= 15 is 0 Å². The summed E-state index contributed by atoms with van der Waals surface area (Å²) in [6.07, 6.45) is 10.9. The molecule has 1 fully saturated rings. The second-order valence-corrected chi connectivity index (χ2v) is 11.2. The Morgan fingerprint density at radius 2 is 1.80 bits per heavy atom. The molecule has 0 radical (unpaired) electrons. The molecule has 0 saturated heterocycles. The molecule has 2 heteroatoms. The van der Waals surface area contributed by atoms with Crippen molar-refractivity contribution < 1.29 is 4.79 Å². The third-order valence-electron chi connectivity index (χ3n) is 3.40. The Labute approximate surface area is 95.0 Å². The van der Waals surface area contributed by atoms with Crippen LogP contribution in [0.4, 0.5) is 0 Å². The molecule has 15 heavy (non-hydrogen) atoms. The lowest BCUT2D eigenvalue weighted by molar-refractivity contribution is -0.107. The van der Waals surface area contributed by atoms with E-state index in [2.05, 4.69) is 25.7 Å². The molecule has 0 aromatic carbocycles. The van der Waals surface area contributed by atoms with E-state index in [-0.39, 0.29) is 0 Å². The molecule has 1 aliphatic carbocycles. The van der Waals surface area contributed by atoms with Crippen molar-refractivity contribution in [3.63, 3.8) is 0 Å². The highest BCUT2D eigenvalue weighted by atomic mass is 28.3. The Morgan fingerprint density at radius 3 is 2.27 bits per heavy atom. The quantitative estimate of drug-likeness (QED) is 0.398. The third kappa shape index (κ3) is 4.33. The minimum atomic E-state index is -1.20. The first-order chi connectivity index (χ1) is 7.04. The van der Waals surface area contributed by atoms with Gasteiger partial charge < -0.3 is 4.79 Å². The summed E-state index contributed by atoms with van der Waals surface area (Å²) in [7, 11) is -1.20. The number of hydrogen-bond acceptors (Lipinski definition) is 1. The zero-order valence-electron chi connectivity index (χ0n) is 10.4. The lowest BCUT2D eigenvalue weighted by atomic mass is 9.94. The second kappa shape index (κ2) is 5.64. The van der Waals surface area contributed by atoms with Crippen molar-refractivity contribution in [2.24, 2.45) is 0 Å². The molecule has 1 atom stereocenters. The van der Waals surface area contributed by atoms with Crippen LogP contribution in [0.2, 0.25) is 25.2 Å². The highest BCUT2D eigenvalue weighted by Gasteiger charge is 2.24. The van der Waals surface area contributed by atoms with Crippen LogP contribution in [0.5, 0.6) is 0 Å². The van der Waals surface area contributed by atoms with Gasteiger partial charge >= 0.3 is 0 Å². The average molecular weight is 224 g/mol. The van der Waals surface area contributed by atoms with Gasteiger partial charge in [0, 0.05) is 6.42 Å². The first-order valence-corrected chi connectivity index (χ1v) is 9.75. The molecule has 0 aromatic heterocycles. The normalized spacial score (nSPS) is 19.8. The minimum Gasteiger partial charge on any atom is -0.303 e. The fraction of sp³-hybridized carbons (Fsp3) is 0.769. The SMILES string of the molecule is C[Si](C)(C)C(C=C1CCCCC1)CC=O. The smallest absolute Gasteiger partial charge is 0.120 e. The minimum absolute atomic E-state index is 0.558. The van der Waals surface area contributed by atoms with Crippen LogP contribution in [-0.4, -0.2) is 14.4 Å². The molecule has 0 heterocycles. The molecule has 1 nitrogen and oxygen atoms in total. The molecular formula is C13H24OSi. The maximum absolute atomic E-state index is 10.7. The van der Waals surface area contributed by atoms with Gasteiger partial charge in [-0.2, -0.15) is 0 Å². The topological polar surface area (TPSA) is 17.1 Å². The lowest BCUT2D eigenvalue weighted by Gasteiger charge is -2.26. The Hall–Kier alpha value is -0.373. The van der Waals surface area contributed by atoms with Gasteiger partial charge in [-0.3, -0.25) is 0 Å². The Balaban J connectivity index is 2.67. The summed E-state index contributed by atoms with van der Waals surface area (Å²) >= 11 is 0. The van der Waals surface area contributed by atoms with Crippen LogP contribution in [0.3, 0.4) is 0 Å². The van der Waals surface area contributed by atoms with Crippen LogP contribution in [0.25, 0.3) is 0 Å². The molecular weight excluding hydrogens is 200 g/mol. The number of rotatable bonds is 4. The number of aldehydes is 1. The van der Waals surface area contributed by atoms with Crippen molar-refractivity contribution in [1.82, 2.24) is 0 Å². The molecule has 1 rings (SSSR count).